The molecule has 1 atom stereocenters. The lowest BCUT2D eigenvalue weighted by molar-refractivity contribution is -0.130. The standard InChI is InChI=1S/C11H22N2O3S/c1-4-11(6-5-7-12-8-11)10(14)13-17(15,16)9(2)3/h9,12H,4-8H2,1-3H3,(H,13,14). The zero-order valence-electron chi connectivity index (χ0n) is 10.7. The van der Waals surface area contributed by atoms with Crippen molar-refractivity contribution in [1.29, 1.82) is 0 Å². The average molecular weight is 262 g/mol. The van der Waals surface area contributed by atoms with Crippen LogP contribution in [0.3, 0.4) is 0 Å². The summed E-state index contributed by atoms with van der Waals surface area (Å²) in [6.45, 7) is 6.50. The predicted octanol–water partition coefficient (Wildman–Crippen LogP) is 0.621. The highest BCUT2D eigenvalue weighted by Crippen LogP contribution is 2.30. The van der Waals surface area contributed by atoms with Crippen molar-refractivity contribution in [2.75, 3.05) is 13.1 Å². The molecule has 0 spiro atoms. The first kappa shape index (κ1) is 14.4. The number of amides is 1. The van der Waals surface area contributed by atoms with Gasteiger partial charge in [-0.1, -0.05) is 6.92 Å². The third kappa shape index (κ3) is 3.19. The highest BCUT2D eigenvalue weighted by molar-refractivity contribution is 7.90. The summed E-state index contributed by atoms with van der Waals surface area (Å²) in [6, 6.07) is 0. The van der Waals surface area contributed by atoms with Crippen molar-refractivity contribution in [3.05, 3.63) is 0 Å². The van der Waals surface area contributed by atoms with Crippen molar-refractivity contribution in [3.8, 4) is 0 Å². The van der Waals surface area contributed by atoms with Crippen LogP contribution in [0.2, 0.25) is 0 Å². The minimum atomic E-state index is -3.52. The van der Waals surface area contributed by atoms with Gasteiger partial charge in [0.25, 0.3) is 0 Å². The van der Waals surface area contributed by atoms with Gasteiger partial charge in [-0.15, -0.1) is 0 Å². The fourth-order valence-corrected chi connectivity index (χ4v) is 2.69. The molecule has 0 aromatic carbocycles. The van der Waals surface area contributed by atoms with Gasteiger partial charge in [0.05, 0.1) is 10.7 Å². The molecule has 1 fully saturated rings. The largest absolute Gasteiger partial charge is 0.316 e. The normalized spacial score (nSPS) is 25.9. The van der Waals surface area contributed by atoms with Gasteiger partial charge >= 0.3 is 0 Å². The number of carbonyl (C=O) groups excluding carboxylic acids is 1. The van der Waals surface area contributed by atoms with E-state index in [4.69, 9.17) is 0 Å². The van der Waals surface area contributed by atoms with E-state index < -0.39 is 20.7 Å². The third-order valence-corrected chi connectivity index (χ3v) is 5.20. The second-order valence-corrected chi connectivity index (χ2v) is 7.18. The molecule has 1 aliphatic rings. The van der Waals surface area contributed by atoms with Gasteiger partial charge in [0.15, 0.2) is 0 Å². The SMILES string of the molecule is CCC1(C(=O)NS(=O)(=O)C(C)C)CCCNC1. The quantitative estimate of drug-likeness (QED) is 0.779. The molecule has 0 aromatic heterocycles. The lowest BCUT2D eigenvalue weighted by Crippen LogP contribution is -2.52. The van der Waals surface area contributed by atoms with Crippen LogP contribution in [0.25, 0.3) is 0 Å². The van der Waals surface area contributed by atoms with Crippen molar-refractivity contribution in [2.45, 2.75) is 45.3 Å². The number of piperidine rings is 1. The average Bonchev–Trinajstić information content (AvgIpc) is 2.29. The maximum atomic E-state index is 12.1. The minimum Gasteiger partial charge on any atom is -0.316 e. The molecular weight excluding hydrogens is 240 g/mol. The monoisotopic (exact) mass is 262 g/mol. The number of hydrogen-bond acceptors (Lipinski definition) is 4. The van der Waals surface area contributed by atoms with Crippen molar-refractivity contribution in [1.82, 2.24) is 10.0 Å². The number of hydrogen-bond donors (Lipinski definition) is 2. The lowest BCUT2D eigenvalue weighted by atomic mass is 9.78. The first-order valence-electron chi connectivity index (χ1n) is 6.11. The molecule has 1 amide bonds. The Balaban J connectivity index is 2.81. The zero-order chi connectivity index (χ0) is 13.1. The molecule has 1 heterocycles. The summed E-state index contributed by atoms with van der Waals surface area (Å²) in [7, 11) is -3.52. The van der Waals surface area contributed by atoms with Crippen molar-refractivity contribution >= 4 is 15.9 Å². The van der Waals surface area contributed by atoms with Crippen LogP contribution in [0.4, 0.5) is 0 Å². The summed E-state index contributed by atoms with van der Waals surface area (Å²) in [5.41, 5.74) is -0.569. The molecule has 2 N–H and O–H groups in total. The molecule has 0 aliphatic carbocycles. The molecule has 1 aliphatic heterocycles. The Bertz CT molecular complexity index is 370. The smallest absolute Gasteiger partial charge is 0.240 e. The van der Waals surface area contributed by atoms with E-state index in [1.54, 1.807) is 13.8 Å². The van der Waals surface area contributed by atoms with Crippen LogP contribution in [0.15, 0.2) is 0 Å². The fraction of sp³-hybridized carbons (Fsp3) is 0.909. The number of sulfonamides is 1. The Morgan fingerprint density at radius 1 is 1.47 bits per heavy atom. The van der Waals surface area contributed by atoms with Gasteiger partial charge in [0, 0.05) is 6.54 Å². The van der Waals surface area contributed by atoms with E-state index in [1.165, 1.54) is 0 Å². The van der Waals surface area contributed by atoms with E-state index in [2.05, 4.69) is 10.0 Å². The predicted molar refractivity (Wildman–Crippen MR) is 67.0 cm³/mol. The minimum absolute atomic E-state index is 0.360. The van der Waals surface area contributed by atoms with Gasteiger partial charge in [-0.25, -0.2) is 8.42 Å². The van der Waals surface area contributed by atoms with Crippen LogP contribution in [0.1, 0.15) is 40.0 Å². The number of carbonyl (C=O) groups is 1. The van der Waals surface area contributed by atoms with E-state index in [0.29, 0.717) is 13.0 Å². The van der Waals surface area contributed by atoms with Gasteiger partial charge in [-0.2, -0.15) is 0 Å². The molecule has 1 unspecified atom stereocenters. The highest BCUT2D eigenvalue weighted by atomic mass is 32.2. The molecule has 1 rings (SSSR count). The van der Waals surface area contributed by atoms with Gasteiger partial charge in [-0.3, -0.25) is 9.52 Å². The molecule has 100 valence electrons. The molecule has 5 nitrogen and oxygen atoms in total. The van der Waals surface area contributed by atoms with Crippen LogP contribution < -0.4 is 10.0 Å². The van der Waals surface area contributed by atoms with E-state index in [0.717, 1.165) is 19.4 Å². The Labute approximate surface area is 103 Å². The molecule has 0 saturated carbocycles. The molecular formula is C11H22N2O3S. The van der Waals surface area contributed by atoms with E-state index >= 15 is 0 Å². The summed E-state index contributed by atoms with van der Waals surface area (Å²) < 4.78 is 25.6. The van der Waals surface area contributed by atoms with Crippen LogP contribution in [-0.2, 0) is 14.8 Å². The van der Waals surface area contributed by atoms with Gasteiger partial charge in [0.1, 0.15) is 0 Å². The second kappa shape index (κ2) is 5.35. The maximum absolute atomic E-state index is 12.1. The van der Waals surface area contributed by atoms with Crippen molar-refractivity contribution < 1.29 is 13.2 Å². The number of nitrogens with one attached hydrogen (secondary N) is 2. The van der Waals surface area contributed by atoms with Crippen LogP contribution >= 0.6 is 0 Å². The Kier molecular flexibility index (Phi) is 4.55. The molecule has 0 aromatic rings. The zero-order valence-corrected chi connectivity index (χ0v) is 11.6. The van der Waals surface area contributed by atoms with E-state index in [9.17, 15) is 13.2 Å². The second-order valence-electron chi connectivity index (χ2n) is 4.94. The van der Waals surface area contributed by atoms with E-state index in [1.807, 2.05) is 6.92 Å². The molecule has 0 radical (unpaired) electrons. The summed E-state index contributed by atoms with van der Waals surface area (Å²) in [4.78, 5) is 12.1. The van der Waals surface area contributed by atoms with Crippen LogP contribution in [-0.4, -0.2) is 32.7 Å². The number of rotatable bonds is 4. The first-order valence-corrected chi connectivity index (χ1v) is 7.65. The molecule has 1 saturated heterocycles. The Morgan fingerprint density at radius 2 is 2.12 bits per heavy atom. The van der Waals surface area contributed by atoms with E-state index in [-0.39, 0.29) is 5.91 Å². The maximum Gasteiger partial charge on any atom is 0.240 e. The fourth-order valence-electron chi connectivity index (χ4n) is 1.98. The lowest BCUT2D eigenvalue weighted by Gasteiger charge is -2.35. The molecule has 6 heteroatoms. The highest BCUT2D eigenvalue weighted by Gasteiger charge is 2.39. The van der Waals surface area contributed by atoms with Gasteiger partial charge in [0.2, 0.25) is 15.9 Å². The van der Waals surface area contributed by atoms with Gasteiger partial charge in [-0.05, 0) is 39.7 Å². The van der Waals surface area contributed by atoms with Gasteiger partial charge < -0.3 is 5.32 Å². The topological polar surface area (TPSA) is 75.3 Å². The molecule has 17 heavy (non-hydrogen) atoms. The van der Waals surface area contributed by atoms with Crippen LogP contribution in [0.5, 0.6) is 0 Å². The third-order valence-electron chi connectivity index (χ3n) is 3.49. The van der Waals surface area contributed by atoms with Crippen molar-refractivity contribution in [2.24, 2.45) is 5.41 Å². The summed E-state index contributed by atoms with van der Waals surface area (Å²) in [5, 5.41) is 2.58. The van der Waals surface area contributed by atoms with Crippen molar-refractivity contribution in [3.63, 3.8) is 0 Å². The molecule has 0 bridgehead atoms. The summed E-state index contributed by atoms with van der Waals surface area (Å²) >= 11 is 0. The summed E-state index contributed by atoms with van der Waals surface area (Å²) in [6.07, 6.45) is 2.30. The Hall–Kier alpha value is -0.620. The van der Waals surface area contributed by atoms with Crippen LogP contribution in [0, 0.1) is 5.41 Å². The first-order chi connectivity index (χ1) is 7.84. The Morgan fingerprint density at radius 3 is 2.53 bits per heavy atom. The summed E-state index contributed by atoms with van der Waals surface area (Å²) in [5.74, 6) is -0.360.